The molecule has 3 nitrogen and oxygen atoms in total. The first-order valence-electron chi connectivity index (χ1n) is 7.22. The zero-order chi connectivity index (χ0) is 15.2. The first-order valence-corrected chi connectivity index (χ1v) is 7.62. The van der Waals surface area contributed by atoms with Gasteiger partial charge in [0.15, 0.2) is 5.11 Å². The van der Waals surface area contributed by atoms with Crippen molar-refractivity contribution in [2.45, 2.75) is 39.7 Å². The largest absolute Gasteiger partial charge is 0.469 e. The molecule has 0 spiro atoms. The first kappa shape index (κ1) is 15.6. The van der Waals surface area contributed by atoms with Crippen LogP contribution in [-0.4, -0.2) is 11.2 Å². The van der Waals surface area contributed by atoms with Crippen LogP contribution < -0.4 is 10.6 Å². The zero-order valence-corrected chi connectivity index (χ0v) is 13.6. The van der Waals surface area contributed by atoms with Gasteiger partial charge in [-0.15, -0.1) is 0 Å². The van der Waals surface area contributed by atoms with Crippen molar-refractivity contribution in [2.24, 2.45) is 0 Å². The van der Waals surface area contributed by atoms with E-state index >= 15 is 0 Å². The molecular formula is C17H22N2OS. The normalized spacial score (nSPS) is 12.0. The molecule has 0 radical (unpaired) electrons. The van der Waals surface area contributed by atoms with Crippen molar-refractivity contribution < 1.29 is 4.42 Å². The average Bonchev–Trinajstić information content (AvgIpc) is 2.94. The molecule has 0 aliphatic rings. The fourth-order valence-corrected chi connectivity index (χ4v) is 2.41. The molecule has 0 saturated heterocycles. The van der Waals surface area contributed by atoms with Crippen LogP contribution in [0.3, 0.4) is 0 Å². The van der Waals surface area contributed by atoms with Crippen LogP contribution in [0, 0.1) is 13.8 Å². The van der Waals surface area contributed by atoms with Crippen LogP contribution in [0.15, 0.2) is 41.0 Å². The van der Waals surface area contributed by atoms with Crippen molar-refractivity contribution in [2.75, 3.05) is 5.32 Å². The van der Waals surface area contributed by atoms with Crippen LogP contribution in [-0.2, 0) is 6.42 Å². The molecule has 2 N–H and O–H groups in total. The van der Waals surface area contributed by atoms with Crippen LogP contribution in [0.25, 0.3) is 0 Å². The lowest BCUT2D eigenvalue weighted by molar-refractivity contribution is 0.483. The van der Waals surface area contributed by atoms with Gasteiger partial charge in [0, 0.05) is 18.2 Å². The monoisotopic (exact) mass is 302 g/mol. The molecule has 0 aliphatic heterocycles. The van der Waals surface area contributed by atoms with E-state index in [1.807, 2.05) is 18.2 Å². The van der Waals surface area contributed by atoms with Gasteiger partial charge in [-0.3, -0.25) is 0 Å². The number of anilines is 1. The molecule has 0 fully saturated rings. The molecule has 0 aliphatic carbocycles. The molecule has 1 aromatic heterocycles. The summed E-state index contributed by atoms with van der Waals surface area (Å²) in [4.78, 5) is 0. The molecule has 1 aromatic carbocycles. The minimum atomic E-state index is 0.293. The van der Waals surface area contributed by atoms with Crippen molar-refractivity contribution >= 4 is 23.0 Å². The van der Waals surface area contributed by atoms with Crippen LogP contribution in [0.4, 0.5) is 5.69 Å². The van der Waals surface area contributed by atoms with Gasteiger partial charge in [0.05, 0.1) is 6.26 Å². The first-order chi connectivity index (χ1) is 10.0. The van der Waals surface area contributed by atoms with Crippen LogP contribution in [0.1, 0.15) is 30.2 Å². The predicted octanol–water partition coefficient (Wildman–Crippen LogP) is 4.20. The molecule has 0 amide bonds. The lowest BCUT2D eigenvalue weighted by atomic mass is 10.1. The van der Waals surface area contributed by atoms with E-state index in [0.717, 1.165) is 24.3 Å². The van der Waals surface area contributed by atoms with Crippen LogP contribution in [0.2, 0.25) is 0 Å². The van der Waals surface area contributed by atoms with E-state index in [1.165, 1.54) is 11.1 Å². The summed E-state index contributed by atoms with van der Waals surface area (Å²) in [6, 6.07) is 10.5. The molecule has 112 valence electrons. The summed E-state index contributed by atoms with van der Waals surface area (Å²) in [5.74, 6) is 1.01. The maximum Gasteiger partial charge on any atom is 0.170 e. The highest BCUT2D eigenvalue weighted by molar-refractivity contribution is 7.80. The second-order valence-electron chi connectivity index (χ2n) is 5.42. The van der Waals surface area contributed by atoms with E-state index in [9.17, 15) is 0 Å². The Morgan fingerprint density at radius 3 is 2.71 bits per heavy atom. The summed E-state index contributed by atoms with van der Waals surface area (Å²) in [6.45, 7) is 6.33. The lowest BCUT2D eigenvalue weighted by Gasteiger charge is -2.17. The number of hydrogen-bond donors (Lipinski definition) is 2. The molecule has 0 unspecified atom stereocenters. The molecular weight excluding hydrogens is 280 g/mol. The number of nitrogens with one attached hydrogen (secondary N) is 2. The Hall–Kier alpha value is -1.81. The number of furan rings is 1. The highest BCUT2D eigenvalue weighted by Crippen LogP contribution is 2.14. The van der Waals surface area contributed by atoms with E-state index < -0.39 is 0 Å². The van der Waals surface area contributed by atoms with Gasteiger partial charge in [0.1, 0.15) is 5.76 Å². The molecule has 0 saturated carbocycles. The van der Waals surface area contributed by atoms with Gasteiger partial charge in [-0.25, -0.2) is 0 Å². The topological polar surface area (TPSA) is 37.2 Å². The van der Waals surface area contributed by atoms with Gasteiger partial charge >= 0.3 is 0 Å². The third kappa shape index (κ3) is 4.90. The Balaban J connectivity index is 1.79. The third-order valence-electron chi connectivity index (χ3n) is 3.55. The van der Waals surface area contributed by atoms with Crippen LogP contribution >= 0.6 is 12.2 Å². The quantitative estimate of drug-likeness (QED) is 0.812. The number of hydrogen-bond acceptors (Lipinski definition) is 2. The van der Waals surface area contributed by atoms with Crippen LogP contribution in [0.5, 0.6) is 0 Å². The standard InChI is InChI=1S/C17H22N2OS/c1-12-6-8-15(11-13(12)2)19-17(21)18-14(3)7-9-16-5-4-10-20-16/h4-6,8,10-11,14H,7,9H2,1-3H3,(H2,18,19,21)/t14-/m0/s1. The summed E-state index contributed by atoms with van der Waals surface area (Å²) in [7, 11) is 0. The molecule has 1 heterocycles. The van der Waals surface area contributed by atoms with E-state index in [1.54, 1.807) is 6.26 Å². The summed E-state index contributed by atoms with van der Waals surface area (Å²) < 4.78 is 5.33. The predicted molar refractivity (Wildman–Crippen MR) is 91.8 cm³/mol. The smallest absolute Gasteiger partial charge is 0.170 e. The maximum atomic E-state index is 5.36. The van der Waals surface area contributed by atoms with Crippen molar-refractivity contribution in [3.63, 3.8) is 0 Å². The Morgan fingerprint density at radius 2 is 2.05 bits per heavy atom. The number of rotatable bonds is 5. The van der Waals surface area contributed by atoms with Gasteiger partial charge < -0.3 is 15.1 Å². The summed E-state index contributed by atoms with van der Waals surface area (Å²) >= 11 is 5.36. The van der Waals surface area contributed by atoms with Gasteiger partial charge in [0.2, 0.25) is 0 Å². The second kappa shape index (κ2) is 7.27. The van der Waals surface area contributed by atoms with E-state index in [4.69, 9.17) is 16.6 Å². The lowest BCUT2D eigenvalue weighted by Crippen LogP contribution is -2.36. The second-order valence-corrected chi connectivity index (χ2v) is 5.82. The van der Waals surface area contributed by atoms with Crippen molar-refractivity contribution in [3.05, 3.63) is 53.5 Å². The molecule has 2 aromatic rings. The zero-order valence-electron chi connectivity index (χ0n) is 12.8. The van der Waals surface area contributed by atoms with Crippen molar-refractivity contribution in [1.82, 2.24) is 5.32 Å². The molecule has 0 bridgehead atoms. The average molecular weight is 302 g/mol. The SMILES string of the molecule is Cc1ccc(NC(=S)N[C@@H](C)CCc2ccco2)cc1C. The van der Waals surface area contributed by atoms with Gasteiger partial charge in [-0.05, 0) is 74.8 Å². The van der Waals surface area contributed by atoms with Gasteiger partial charge in [0.25, 0.3) is 0 Å². The van der Waals surface area contributed by atoms with Crippen molar-refractivity contribution in [3.8, 4) is 0 Å². The van der Waals surface area contributed by atoms with Gasteiger partial charge in [-0.2, -0.15) is 0 Å². The third-order valence-corrected chi connectivity index (χ3v) is 3.77. The van der Waals surface area contributed by atoms with Gasteiger partial charge in [-0.1, -0.05) is 6.07 Å². The van der Waals surface area contributed by atoms with E-state index in [0.29, 0.717) is 11.2 Å². The Bertz CT molecular complexity index is 593. The van der Waals surface area contributed by atoms with Crippen molar-refractivity contribution in [1.29, 1.82) is 0 Å². The Morgan fingerprint density at radius 1 is 1.24 bits per heavy atom. The fourth-order valence-electron chi connectivity index (χ4n) is 2.10. The molecule has 4 heteroatoms. The Labute approximate surface area is 131 Å². The van der Waals surface area contributed by atoms with E-state index in [-0.39, 0.29) is 0 Å². The summed E-state index contributed by atoms with van der Waals surface area (Å²) in [5.41, 5.74) is 3.56. The highest BCUT2D eigenvalue weighted by atomic mass is 32.1. The number of benzene rings is 1. The maximum absolute atomic E-state index is 5.36. The highest BCUT2D eigenvalue weighted by Gasteiger charge is 2.06. The Kier molecular flexibility index (Phi) is 5.39. The number of thiocarbonyl (C=S) groups is 1. The minimum absolute atomic E-state index is 0.293. The summed E-state index contributed by atoms with van der Waals surface area (Å²) in [5, 5.41) is 7.19. The van der Waals surface area contributed by atoms with E-state index in [2.05, 4.69) is 43.5 Å². The minimum Gasteiger partial charge on any atom is -0.469 e. The molecule has 21 heavy (non-hydrogen) atoms. The fraction of sp³-hybridized carbons (Fsp3) is 0.353. The summed E-state index contributed by atoms with van der Waals surface area (Å²) in [6.07, 6.45) is 3.59. The number of aryl methyl sites for hydroxylation is 3. The molecule has 1 atom stereocenters. The molecule has 2 rings (SSSR count).